The number of carbonyl (C=O) groups is 2. The van der Waals surface area contributed by atoms with Crippen molar-refractivity contribution in [2.75, 3.05) is 41.4 Å². The average molecular weight is 563 g/mol. The van der Waals surface area contributed by atoms with E-state index >= 15 is 0 Å². The zero-order valence-corrected chi connectivity index (χ0v) is 25.1. The first-order valence-electron chi connectivity index (χ1n) is 13.2. The van der Waals surface area contributed by atoms with Crippen LogP contribution in [-0.4, -0.2) is 73.4 Å². The Labute approximate surface area is 240 Å². The zero-order valence-electron chi connectivity index (χ0n) is 25.1. The summed E-state index contributed by atoms with van der Waals surface area (Å²) in [4.78, 5) is 40.9. The maximum absolute atomic E-state index is 13.0. The van der Waals surface area contributed by atoms with Crippen LogP contribution in [0.1, 0.15) is 60.2 Å². The standard InChI is InChI=1S/C27H38N4O6.C2H6.CH4.H2/c1-27(2,3)37-24(32)16-29(5)13-21-22(35-7)11-17(12-23(21)36-8)19-14-30(6)25(33)20-15-31(26(34)28-4)10-9-18(19)20;1-2;;/h11-12,14H,9-10,13,15-16H2,1-8H3,(H,28,34);1-2H3;1H4;1H. The molecule has 2 heterocycles. The number of urea groups is 1. The van der Waals surface area contributed by atoms with Crippen molar-refractivity contribution in [2.45, 2.75) is 67.2 Å². The van der Waals surface area contributed by atoms with E-state index in [2.05, 4.69) is 5.32 Å². The van der Waals surface area contributed by atoms with Gasteiger partial charge in [-0.05, 0) is 57.5 Å². The summed E-state index contributed by atoms with van der Waals surface area (Å²) < 4.78 is 18.5. The molecule has 2 amide bonds. The third kappa shape index (κ3) is 8.24. The molecule has 0 aliphatic carbocycles. The van der Waals surface area contributed by atoms with Gasteiger partial charge in [-0.2, -0.15) is 0 Å². The molecule has 10 heteroatoms. The van der Waals surface area contributed by atoms with Crippen molar-refractivity contribution in [2.24, 2.45) is 7.05 Å². The van der Waals surface area contributed by atoms with Gasteiger partial charge in [0.25, 0.3) is 5.56 Å². The minimum absolute atomic E-state index is 0. The number of esters is 1. The summed E-state index contributed by atoms with van der Waals surface area (Å²) in [5.74, 6) is 0.902. The minimum atomic E-state index is -0.554. The van der Waals surface area contributed by atoms with E-state index in [1.807, 2.05) is 64.9 Å². The van der Waals surface area contributed by atoms with Crippen LogP contribution in [0.2, 0.25) is 0 Å². The lowest BCUT2D eigenvalue weighted by Crippen LogP contribution is -2.44. The molecule has 0 saturated carbocycles. The number of ether oxygens (including phenoxy) is 3. The molecule has 1 N–H and O–H groups in total. The maximum Gasteiger partial charge on any atom is 0.320 e. The zero-order chi connectivity index (χ0) is 29.5. The molecule has 1 aromatic heterocycles. The van der Waals surface area contributed by atoms with Gasteiger partial charge in [0.05, 0.1) is 32.9 Å². The second-order valence-electron chi connectivity index (χ2n) is 10.3. The highest BCUT2D eigenvalue weighted by atomic mass is 16.6. The van der Waals surface area contributed by atoms with E-state index in [9.17, 15) is 14.4 Å². The third-order valence-corrected chi connectivity index (χ3v) is 6.24. The first-order chi connectivity index (χ1) is 18.4. The SMILES string of the molecule is C.CC.CNC(=O)N1CCc2c(-c3cc(OC)c(CN(C)CC(=O)OC(C)(C)C)c(OC)c3)cn(C)c(=O)c2C1.[HH]. The maximum atomic E-state index is 13.0. The Kier molecular flexibility index (Phi) is 12.7. The number of fused-ring (bicyclic) bond motifs is 1. The lowest BCUT2D eigenvalue weighted by molar-refractivity contribution is -0.155. The van der Waals surface area contributed by atoms with E-state index in [1.54, 1.807) is 37.8 Å². The van der Waals surface area contributed by atoms with E-state index in [0.29, 0.717) is 36.6 Å². The van der Waals surface area contributed by atoms with Crippen molar-refractivity contribution < 1.29 is 25.2 Å². The molecule has 0 bridgehead atoms. The fourth-order valence-electron chi connectivity index (χ4n) is 4.60. The number of methoxy groups -OCH3 is 2. The average Bonchev–Trinajstić information content (AvgIpc) is 2.89. The number of amides is 2. The van der Waals surface area contributed by atoms with Crippen LogP contribution in [0, 0.1) is 0 Å². The molecule has 0 spiro atoms. The lowest BCUT2D eigenvalue weighted by atomic mass is 9.91. The van der Waals surface area contributed by atoms with Gasteiger partial charge in [-0.25, -0.2) is 4.79 Å². The van der Waals surface area contributed by atoms with Crippen LogP contribution in [0.25, 0.3) is 11.1 Å². The van der Waals surface area contributed by atoms with Gasteiger partial charge in [-0.1, -0.05) is 21.3 Å². The highest BCUT2D eigenvalue weighted by Gasteiger charge is 2.27. The van der Waals surface area contributed by atoms with Crippen molar-refractivity contribution in [3.8, 4) is 22.6 Å². The van der Waals surface area contributed by atoms with Gasteiger partial charge >= 0.3 is 12.0 Å². The molecular weight excluding hydrogens is 512 g/mol. The largest absolute Gasteiger partial charge is 0.496 e. The Balaban J connectivity index is 0.00000391. The molecule has 1 aromatic carbocycles. The monoisotopic (exact) mass is 562 g/mol. The fourth-order valence-corrected chi connectivity index (χ4v) is 4.60. The summed E-state index contributed by atoms with van der Waals surface area (Å²) in [7, 11) is 8.30. The molecule has 0 radical (unpaired) electrons. The van der Waals surface area contributed by atoms with Gasteiger partial charge in [0.2, 0.25) is 0 Å². The van der Waals surface area contributed by atoms with Crippen LogP contribution >= 0.6 is 0 Å². The molecule has 1 aliphatic heterocycles. The van der Waals surface area contributed by atoms with E-state index in [-0.39, 0.29) is 39.5 Å². The summed E-state index contributed by atoms with van der Waals surface area (Å²) in [6, 6.07) is 3.63. The normalized spacial score (nSPS) is 12.4. The first-order valence-corrected chi connectivity index (χ1v) is 13.2. The Morgan fingerprint density at radius 2 is 1.68 bits per heavy atom. The van der Waals surface area contributed by atoms with Gasteiger partial charge in [0, 0.05) is 45.9 Å². The van der Waals surface area contributed by atoms with E-state index in [0.717, 1.165) is 22.3 Å². The molecular formula is C30H50N4O6. The number of pyridine rings is 1. The summed E-state index contributed by atoms with van der Waals surface area (Å²) in [6.45, 7) is 10.8. The van der Waals surface area contributed by atoms with Gasteiger partial charge in [-0.3, -0.25) is 14.5 Å². The molecule has 226 valence electrons. The smallest absolute Gasteiger partial charge is 0.320 e. The van der Waals surface area contributed by atoms with Crippen molar-refractivity contribution in [1.29, 1.82) is 0 Å². The molecule has 1 aliphatic rings. The number of carbonyl (C=O) groups excluding carboxylic acids is 2. The van der Waals surface area contributed by atoms with Crippen molar-refractivity contribution in [3.63, 3.8) is 0 Å². The number of likely N-dealkylation sites (N-methyl/N-ethyl adjacent to an activating group) is 1. The van der Waals surface area contributed by atoms with Gasteiger partial charge in [0.1, 0.15) is 17.1 Å². The number of nitrogens with one attached hydrogen (secondary N) is 1. The molecule has 0 fully saturated rings. The second kappa shape index (κ2) is 14.7. The summed E-state index contributed by atoms with van der Waals surface area (Å²) in [5, 5.41) is 2.63. The van der Waals surface area contributed by atoms with Gasteiger partial charge in [-0.15, -0.1) is 0 Å². The number of hydrogen-bond acceptors (Lipinski definition) is 7. The third-order valence-electron chi connectivity index (χ3n) is 6.24. The van der Waals surface area contributed by atoms with Crippen LogP contribution in [0.4, 0.5) is 4.79 Å². The predicted octanol–water partition coefficient (Wildman–Crippen LogP) is 4.45. The van der Waals surface area contributed by atoms with Crippen LogP contribution < -0.4 is 20.3 Å². The molecule has 0 unspecified atom stereocenters. The second-order valence-corrected chi connectivity index (χ2v) is 10.3. The highest BCUT2D eigenvalue weighted by molar-refractivity contribution is 5.76. The van der Waals surface area contributed by atoms with E-state index in [4.69, 9.17) is 14.2 Å². The number of aromatic nitrogens is 1. The molecule has 0 atom stereocenters. The number of benzene rings is 1. The number of nitrogens with zero attached hydrogens (tertiary/aromatic N) is 3. The topological polar surface area (TPSA) is 102 Å². The van der Waals surface area contributed by atoms with Crippen LogP contribution in [0.3, 0.4) is 0 Å². The van der Waals surface area contributed by atoms with Crippen molar-refractivity contribution in [1.82, 2.24) is 19.7 Å². The Morgan fingerprint density at radius 3 is 2.17 bits per heavy atom. The minimum Gasteiger partial charge on any atom is -0.496 e. The molecule has 40 heavy (non-hydrogen) atoms. The first kappa shape index (κ1) is 34.5. The number of aryl methyl sites for hydroxylation is 1. The van der Waals surface area contributed by atoms with Gasteiger partial charge < -0.3 is 29.0 Å². The quantitative estimate of drug-likeness (QED) is 0.498. The summed E-state index contributed by atoms with van der Waals surface area (Å²) >= 11 is 0. The number of hydrogen-bond donors (Lipinski definition) is 1. The van der Waals surface area contributed by atoms with Crippen molar-refractivity contribution in [3.05, 3.63) is 45.4 Å². The molecule has 0 saturated heterocycles. The van der Waals surface area contributed by atoms with Crippen LogP contribution in [0.5, 0.6) is 11.5 Å². The summed E-state index contributed by atoms with van der Waals surface area (Å²) in [6.07, 6.45) is 2.37. The lowest BCUT2D eigenvalue weighted by Gasteiger charge is -2.30. The van der Waals surface area contributed by atoms with E-state index < -0.39 is 5.60 Å². The molecule has 2 aromatic rings. The van der Waals surface area contributed by atoms with Crippen LogP contribution in [0.15, 0.2) is 23.1 Å². The molecule has 10 nitrogen and oxygen atoms in total. The van der Waals surface area contributed by atoms with Crippen LogP contribution in [-0.2, 0) is 36.1 Å². The summed E-state index contributed by atoms with van der Waals surface area (Å²) in [5.41, 5.74) is 3.37. The number of rotatable bonds is 7. The van der Waals surface area contributed by atoms with Crippen molar-refractivity contribution >= 4 is 12.0 Å². The van der Waals surface area contributed by atoms with E-state index in [1.165, 1.54) is 0 Å². The Morgan fingerprint density at radius 1 is 1.10 bits per heavy atom. The Bertz CT molecular complexity index is 1210. The highest BCUT2D eigenvalue weighted by Crippen LogP contribution is 2.38. The van der Waals surface area contributed by atoms with Gasteiger partial charge in [0.15, 0.2) is 0 Å². The molecule has 3 rings (SSSR count). The Hall–Kier alpha value is -3.53. The predicted molar refractivity (Wildman–Crippen MR) is 161 cm³/mol. The fraction of sp³-hybridized carbons (Fsp3) is 0.567.